The van der Waals surface area contributed by atoms with Crippen molar-refractivity contribution in [3.8, 4) is 10.7 Å². The van der Waals surface area contributed by atoms with Gasteiger partial charge in [0.2, 0.25) is 5.91 Å². The van der Waals surface area contributed by atoms with Gasteiger partial charge < -0.3 is 10.6 Å². The minimum absolute atomic E-state index is 0.0959. The molecule has 7 nitrogen and oxygen atoms in total. The van der Waals surface area contributed by atoms with Crippen LogP contribution in [0.1, 0.15) is 35.3 Å². The molecule has 1 unspecified atom stereocenters. The van der Waals surface area contributed by atoms with E-state index < -0.39 is 0 Å². The molecule has 0 aliphatic rings. The van der Waals surface area contributed by atoms with Crippen molar-refractivity contribution >= 4 is 41.1 Å². The number of carbonyl (C=O) groups excluding carboxylic acids is 2. The standard InChI is InChI=1S/C24H23N5O2S2/c1-16(18-9-5-10-19(15-18)26-23(31)17-7-3-2-4-8-17)25-21(30)12-13-29-22(27-28-24(29)32)20-11-6-14-33-20/h2-11,14-16H,12-13H2,1H3,(H,25,30)(H,26,31)(H,28,32). The molecular formula is C24H23N5O2S2. The molecule has 2 amide bonds. The number of nitrogens with zero attached hydrogens (tertiary/aromatic N) is 2. The normalized spacial score (nSPS) is 11.7. The van der Waals surface area contributed by atoms with Gasteiger partial charge in [0, 0.05) is 24.2 Å². The molecule has 2 heterocycles. The number of aromatic nitrogens is 3. The van der Waals surface area contributed by atoms with Gasteiger partial charge >= 0.3 is 0 Å². The Morgan fingerprint density at radius 1 is 1.12 bits per heavy atom. The van der Waals surface area contributed by atoms with E-state index in [1.54, 1.807) is 23.5 Å². The van der Waals surface area contributed by atoms with Crippen molar-refractivity contribution in [2.45, 2.75) is 25.9 Å². The Bertz CT molecular complexity index is 1300. The van der Waals surface area contributed by atoms with E-state index in [2.05, 4.69) is 20.8 Å². The van der Waals surface area contributed by atoms with Crippen molar-refractivity contribution in [3.05, 3.63) is 88.0 Å². The number of benzene rings is 2. The lowest BCUT2D eigenvalue weighted by Gasteiger charge is -2.16. The molecule has 0 aliphatic carbocycles. The summed E-state index contributed by atoms with van der Waals surface area (Å²) in [6.07, 6.45) is 0.265. The molecule has 0 radical (unpaired) electrons. The second-order valence-electron chi connectivity index (χ2n) is 7.47. The van der Waals surface area contributed by atoms with Crippen LogP contribution in [0, 0.1) is 4.77 Å². The van der Waals surface area contributed by atoms with Gasteiger partial charge in [0.25, 0.3) is 5.91 Å². The summed E-state index contributed by atoms with van der Waals surface area (Å²) >= 11 is 6.90. The molecule has 0 saturated heterocycles. The van der Waals surface area contributed by atoms with Crippen LogP contribution in [0.3, 0.4) is 0 Å². The number of hydrogen-bond donors (Lipinski definition) is 3. The number of nitrogens with one attached hydrogen (secondary N) is 3. The maximum atomic E-state index is 12.6. The molecule has 9 heteroatoms. The van der Waals surface area contributed by atoms with Crippen LogP contribution in [-0.4, -0.2) is 26.6 Å². The highest BCUT2D eigenvalue weighted by Gasteiger charge is 2.14. The molecule has 0 fully saturated rings. The van der Waals surface area contributed by atoms with E-state index in [0.717, 1.165) is 16.3 Å². The molecule has 3 N–H and O–H groups in total. The summed E-state index contributed by atoms with van der Waals surface area (Å²) in [5.74, 6) is 0.460. The predicted molar refractivity (Wildman–Crippen MR) is 133 cm³/mol. The first-order chi connectivity index (χ1) is 16.0. The van der Waals surface area contributed by atoms with Crippen LogP contribution in [-0.2, 0) is 11.3 Å². The zero-order chi connectivity index (χ0) is 23.2. The highest BCUT2D eigenvalue weighted by Crippen LogP contribution is 2.23. The fourth-order valence-electron chi connectivity index (χ4n) is 3.41. The van der Waals surface area contributed by atoms with Gasteiger partial charge in [-0.05, 0) is 60.4 Å². The third-order valence-corrected chi connectivity index (χ3v) is 6.30. The van der Waals surface area contributed by atoms with Crippen molar-refractivity contribution in [3.63, 3.8) is 0 Å². The van der Waals surface area contributed by atoms with E-state index in [1.165, 1.54) is 0 Å². The first-order valence-corrected chi connectivity index (χ1v) is 11.7. The van der Waals surface area contributed by atoms with E-state index in [1.807, 2.05) is 71.5 Å². The number of anilines is 1. The van der Waals surface area contributed by atoms with Crippen LogP contribution in [0.5, 0.6) is 0 Å². The monoisotopic (exact) mass is 477 g/mol. The Morgan fingerprint density at radius 3 is 2.70 bits per heavy atom. The summed E-state index contributed by atoms with van der Waals surface area (Å²) in [5, 5.41) is 15.0. The molecule has 1 atom stereocenters. The van der Waals surface area contributed by atoms with E-state index in [4.69, 9.17) is 12.2 Å². The average Bonchev–Trinajstić information content (AvgIpc) is 3.48. The van der Waals surface area contributed by atoms with Gasteiger partial charge in [0.1, 0.15) is 0 Å². The molecule has 4 rings (SSSR count). The number of amides is 2. The molecule has 0 saturated carbocycles. The zero-order valence-corrected chi connectivity index (χ0v) is 19.6. The van der Waals surface area contributed by atoms with Crippen molar-refractivity contribution in [1.82, 2.24) is 20.1 Å². The number of H-pyrrole nitrogens is 1. The molecule has 0 spiro atoms. The van der Waals surface area contributed by atoms with Gasteiger partial charge in [0.05, 0.1) is 10.9 Å². The number of aromatic amines is 1. The highest BCUT2D eigenvalue weighted by atomic mass is 32.1. The molecule has 168 valence electrons. The zero-order valence-electron chi connectivity index (χ0n) is 17.9. The third kappa shape index (κ3) is 5.63. The molecule has 33 heavy (non-hydrogen) atoms. The van der Waals surface area contributed by atoms with Crippen molar-refractivity contribution in [2.24, 2.45) is 0 Å². The number of carbonyl (C=O) groups is 2. The van der Waals surface area contributed by atoms with Gasteiger partial charge in [-0.3, -0.25) is 19.3 Å². The maximum absolute atomic E-state index is 12.6. The van der Waals surface area contributed by atoms with Crippen LogP contribution in [0.25, 0.3) is 10.7 Å². The number of rotatable bonds is 8. The molecule has 0 aliphatic heterocycles. The van der Waals surface area contributed by atoms with E-state index >= 15 is 0 Å². The van der Waals surface area contributed by atoms with Gasteiger partial charge in [-0.1, -0.05) is 36.4 Å². The quantitative estimate of drug-likeness (QED) is 0.305. The van der Waals surface area contributed by atoms with Crippen molar-refractivity contribution in [2.75, 3.05) is 5.32 Å². The van der Waals surface area contributed by atoms with Crippen LogP contribution in [0.4, 0.5) is 5.69 Å². The lowest BCUT2D eigenvalue weighted by atomic mass is 10.1. The Balaban J connectivity index is 1.36. The largest absolute Gasteiger partial charge is 0.350 e. The summed E-state index contributed by atoms with van der Waals surface area (Å²) in [4.78, 5) is 26.0. The van der Waals surface area contributed by atoms with Crippen LogP contribution in [0.15, 0.2) is 72.1 Å². The fraction of sp³-hybridized carbons (Fsp3) is 0.167. The number of hydrogen-bond acceptors (Lipinski definition) is 5. The van der Waals surface area contributed by atoms with Crippen LogP contribution < -0.4 is 10.6 Å². The second-order valence-corrected chi connectivity index (χ2v) is 8.80. The van der Waals surface area contributed by atoms with E-state index in [-0.39, 0.29) is 24.3 Å². The fourth-order valence-corrected chi connectivity index (χ4v) is 4.35. The first-order valence-electron chi connectivity index (χ1n) is 10.5. The topological polar surface area (TPSA) is 91.8 Å². The lowest BCUT2D eigenvalue weighted by Crippen LogP contribution is -2.27. The van der Waals surface area contributed by atoms with Gasteiger partial charge in [-0.2, -0.15) is 5.10 Å². The molecular weight excluding hydrogens is 454 g/mol. The summed E-state index contributed by atoms with van der Waals surface area (Å²) in [6, 6.07) is 20.2. The minimum atomic E-state index is -0.222. The van der Waals surface area contributed by atoms with E-state index in [9.17, 15) is 9.59 Å². The minimum Gasteiger partial charge on any atom is -0.350 e. The maximum Gasteiger partial charge on any atom is 0.255 e. The van der Waals surface area contributed by atoms with Gasteiger partial charge in [-0.25, -0.2) is 0 Å². The third-order valence-electron chi connectivity index (χ3n) is 5.12. The van der Waals surface area contributed by atoms with Crippen LogP contribution in [0.2, 0.25) is 0 Å². The van der Waals surface area contributed by atoms with Gasteiger partial charge in [-0.15, -0.1) is 11.3 Å². The summed E-state index contributed by atoms with van der Waals surface area (Å²) in [7, 11) is 0. The van der Waals surface area contributed by atoms with Crippen molar-refractivity contribution in [1.29, 1.82) is 0 Å². The summed E-state index contributed by atoms with van der Waals surface area (Å²) in [5.41, 5.74) is 2.16. The molecule has 2 aromatic carbocycles. The highest BCUT2D eigenvalue weighted by molar-refractivity contribution is 7.71. The van der Waals surface area contributed by atoms with Gasteiger partial charge in [0.15, 0.2) is 10.6 Å². The molecule has 0 bridgehead atoms. The lowest BCUT2D eigenvalue weighted by molar-refractivity contribution is -0.121. The van der Waals surface area contributed by atoms with E-state index in [0.29, 0.717) is 22.6 Å². The van der Waals surface area contributed by atoms with Crippen molar-refractivity contribution < 1.29 is 9.59 Å². The summed E-state index contributed by atoms with van der Waals surface area (Å²) < 4.78 is 2.33. The van der Waals surface area contributed by atoms with Crippen LogP contribution >= 0.6 is 23.6 Å². The Labute approximate surface area is 200 Å². The average molecular weight is 478 g/mol. The first kappa shape index (κ1) is 22.6. The second kappa shape index (κ2) is 10.4. The smallest absolute Gasteiger partial charge is 0.255 e. The number of thiophene rings is 1. The molecule has 2 aromatic heterocycles. The molecule has 4 aromatic rings. The summed E-state index contributed by atoms with van der Waals surface area (Å²) in [6.45, 7) is 2.34. The Hall–Kier alpha value is -3.56. The Kier molecular flexibility index (Phi) is 7.11. The predicted octanol–water partition coefficient (Wildman–Crippen LogP) is 5.19. The Morgan fingerprint density at radius 2 is 1.94 bits per heavy atom. The SMILES string of the molecule is CC(NC(=O)CCn1c(-c2cccs2)n[nH]c1=S)c1cccc(NC(=O)c2ccccc2)c1.